The van der Waals surface area contributed by atoms with Gasteiger partial charge in [0.15, 0.2) is 0 Å². The van der Waals surface area contributed by atoms with E-state index in [4.69, 9.17) is 10.2 Å². The van der Waals surface area contributed by atoms with Crippen LogP contribution in [0.1, 0.15) is 40.0 Å². The van der Waals surface area contributed by atoms with Gasteiger partial charge in [-0.15, -0.1) is 0 Å². The summed E-state index contributed by atoms with van der Waals surface area (Å²) in [6.45, 7) is 5.16. The lowest BCUT2D eigenvalue weighted by molar-refractivity contribution is -0.147. The molecule has 0 aromatic heterocycles. The molecule has 1 saturated heterocycles. The van der Waals surface area contributed by atoms with E-state index in [9.17, 15) is 29.1 Å². The summed E-state index contributed by atoms with van der Waals surface area (Å²) < 4.78 is 0. The number of carbonyl (C=O) groups is 5. The molecule has 12 nitrogen and oxygen atoms in total. The molecule has 170 valence electrons. The fourth-order valence-electron chi connectivity index (χ4n) is 2.98. The highest BCUT2D eigenvalue weighted by atomic mass is 16.4. The Labute approximate surface area is 173 Å². The highest BCUT2D eigenvalue weighted by Gasteiger charge is 2.34. The Morgan fingerprint density at radius 2 is 1.57 bits per heavy atom. The van der Waals surface area contributed by atoms with Crippen molar-refractivity contribution in [3.05, 3.63) is 0 Å². The summed E-state index contributed by atoms with van der Waals surface area (Å²) in [7, 11) is 0. The molecule has 7 N–H and O–H groups in total. The van der Waals surface area contributed by atoms with Gasteiger partial charge in [-0.1, -0.05) is 13.8 Å². The first-order valence-electron chi connectivity index (χ1n) is 9.71. The molecule has 1 heterocycles. The van der Waals surface area contributed by atoms with Gasteiger partial charge in [0.05, 0.1) is 18.6 Å². The van der Waals surface area contributed by atoms with Crippen LogP contribution in [0.4, 0.5) is 0 Å². The molecule has 0 aliphatic carbocycles. The number of nitrogens with one attached hydrogen (secondary N) is 4. The molecular weight excluding hydrogens is 400 g/mol. The molecule has 1 aliphatic rings. The molecule has 3 amide bonds. The zero-order valence-corrected chi connectivity index (χ0v) is 17.2. The normalized spacial score (nSPS) is 20.0. The van der Waals surface area contributed by atoms with Crippen LogP contribution >= 0.6 is 0 Å². The van der Waals surface area contributed by atoms with Crippen LogP contribution in [-0.2, 0) is 24.0 Å². The zero-order valence-electron chi connectivity index (χ0n) is 17.2. The molecule has 0 bridgehead atoms. The third-order valence-electron chi connectivity index (χ3n) is 4.68. The molecule has 0 aromatic carbocycles. The molecular formula is C18H30N4O8. The van der Waals surface area contributed by atoms with Crippen molar-refractivity contribution in [1.29, 1.82) is 0 Å². The van der Waals surface area contributed by atoms with Crippen LogP contribution in [0.25, 0.3) is 0 Å². The van der Waals surface area contributed by atoms with Crippen LogP contribution in [0.3, 0.4) is 0 Å². The largest absolute Gasteiger partial charge is 0.481 e. The van der Waals surface area contributed by atoms with Crippen molar-refractivity contribution in [1.82, 2.24) is 21.3 Å². The third kappa shape index (κ3) is 7.59. The average Bonchev–Trinajstić information content (AvgIpc) is 3.16. The van der Waals surface area contributed by atoms with E-state index < -0.39 is 72.3 Å². The summed E-state index contributed by atoms with van der Waals surface area (Å²) in [6, 6.07) is -4.69. The number of carboxylic acid groups (broad SMARTS) is 2. The third-order valence-corrected chi connectivity index (χ3v) is 4.68. The lowest BCUT2D eigenvalue weighted by atomic mass is 10.0. The van der Waals surface area contributed by atoms with Gasteiger partial charge in [0.2, 0.25) is 17.7 Å². The molecule has 30 heavy (non-hydrogen) atoms. The standard InChI is InChI=1S/C18H30N4O8/c1-8(2)13(16(27)20-11(18(29)30)7-12(24)25)21-17(28)14(9(3)23)22-15(26)10-5-4-6-19-10/h8-11,13-14,19,23H,4-7H2,1-3H3,(H,20,27)(H,21,28)(H,22,26)(H,24,25)(H,29,30). The predicted octanol–water partition coefficient (Wildman–Crippen LogP) is -2.21. The predicted molar refractivity (Wildman–Crippen MR) is 103 cm³/mol. The van der Waals surface area contributed by atoms with Gasteiger partial charge in [-0.3, -0.25) is 19.2 Å². The van der Waals surface area contributed by atoms with Crippen LogP contribution in [-0.4, -0.2) is 81.8 Å². The molecule has 0 saturated carbocycles. The van der Waals surface area contributed by atoms with Crippen LogP contribution in [0.2, 0.25) is 0 Å². The lowest BCUT2D eigenvalue weighted by Gasteiger charge is -2.28. The fourth-order valence-corrected chi connectivity index (χ4v) is 2.98. The van der Waals surface area contributed by atoms with Crippen molar-refractivity contribution in [2.75, 3.05) is 6.54 Å². The van der Waals surface area contributed by atoms with E-state index >= 15 is 0 Å². The van der Waals surface area contributed by atoms with Gasteiger partial charge in [-0.05, 0) is 32.2 Å². The summed E-state index contributed by atoms with van der Waals surface area (Å²) >= 11 is 0. The van der Waals surface area contributed by atoms with Crippen molar-refractivity contribution in [2.45, 2.75) is 70.3 Å². The Hall–Kier alpha value is -2.73. The molecule has 1 rings (SSSR count). The number of hydrogen-bond acceptors (Lipinski definition) is 7. The van der Waals surface area contributed by atoms with Crippen molar-refractivity contribution in [3.8, 4) is 0 Å². The fraction of sp³-hybridized carbons (Fsp3) is 0.722. The smallest absolute Gasteiger partial charge is 0.326 e. The van der Waals surface area contributed by atoms with Crippen LogP contribution in [0, 0.1) is 5.92 Å². The van der Waals surface area contributed by atoms with E-state index in [-0.39, 0.29) is 0 Å². The van der Waals surface area contributed by atoms with Crippen LogP contribution in [0.5, 0.6) is 0 Å². The number of hydrogen-bond donors (Lipinski definition) is 7. The molecule has 0 aromatic rings. The monoisotopic (exact) mass is 430 g/mol. The second kappa shape index (κ2) is 11.5. The van der Waals surface area contributed by atoms with Crippen molar-refractivity contribution >= 4 is 29.7 Å². The molecule has 5 unspecified atom stereocenters. The van der Waals surface area contributed by atoms with Crippen molar-refractivity contribution < 1.29 is 39.3 Å². The molecule has 12 heteroatoms. The number of carbonyl (C=O) groups excluding carboxylic acids is 3. The summed E-state index contributed by atoms with van der Waals surface area (Å²) in [5, 5.41) is 37.7. The van der Waals surface area contributed by atoms with Crippen LogP contribution in [0.15, 0.2) is 0 Å². The number of amides is 3. The van der Waals surface area contributed by atoms with E-state index in [1.165, 1.54) is 6.92 Å². The Kier molecular flexibility index (Phi) is 9.66. The maximum absolute atomic E-state index is 12.7. The lowest BCUT2D eigenvalue weighted by Crippen LogP contribution is -2.60. The van der Waals surface area contributed by atoms with E-state index in [1.807, 2.05) is 0 Å². The number of rotatable bonds is 11. The first-order valence-corrected chi connectivity index (χ1v) is 9.71. The highest BCUT2D eigenvalue weighted by Crippen LogP contribution is 2.08. The van der Waals surface area contributed by atoms with Gasteiger partial charge >= 0.3 is 11.9 Å². The van der Waals surface area contributed by atoms with Gasteiger partial charge in [-0.25, -0.2) is 4.79 Å². The highest BCUT2D eigenvalue weighted by molar-refractivity contribution is 5.95. The first-order chi connectivity index (χ1) is 13.9. The number of aliphatic carboxylic acids is 2. The van der Waals surface area contributed by atoms with Crippen molar-refractivity contribution in [3.63, 3.8) is 0 Å². The molecule has 0 spiro atoms. The minimum Gasteiger partial charge on any atom is -0.481 e. The number of carboxylic acids is 2. The van der Waals surface area contributed by atoms with Gasteiger partial charge in [-0.2, -0.15) is 0 Å². The topological polar surface area (TPSA) is 194 Å². The summed E-state index contributed by atoms with van der Waals surface area (Å²) in [6.07, 6.45) is -0.692. The Morgan fingerprint density at radius 3 is 2.00 bits per heavy atom. The van der Waals surface area contributed by atoms with E-state index in [2.05, 4.69) is 21.3 Å². The van der Waals surface area contributed by atoms with Gasteiger partial charge in [0.25, 0.3) is 0 Å². The molecule has 5 atom stereocenters. The number of aliphatic hydroxyl groups excluding tert-OH is 1. The molecule has 1 fully saturated rings. The van der Waals surface area contributed by atoms with Crippen molar-refractivity contribution in [2.24, 2.45) is 5.92 Å². The summed E-state index contributed by atoms with van der Waals surface area (Å²) in [5.74, 6) is -5.60. The SMILES string of the molecule is CC(C)C(NC(=O)C(NC(=O)C1CCCN1)C(C)O)C(=O)NC(CC(=O)O)C(=O)O. The van der Waals surface area contributed by atoms with Gasteiger partial charge in [0, 0.05) is 0 Å². The van der Waals surface area contributed by atoms with E-state index in [1.54, 1.807) is 13.8 Å². The Morgan fingerprint density at radius 1 is 0.967 bits per heavy atom. The average molecular weight is 430 g/mol. The minimum atomic E-state index is -1.67. The quantitative estimate of drug-likeness (QED) is 0.190. The molecule has 0 radical (unpaired) electrons. The number of aliphatic hydroxyl groups is 1. The first kappa shape index (κ1) is 25.3. The second-order valence-corrected chi connectivity index (χ2v) is 7.60. The van der Waals surface area contributed by atoms with Crippen LogP contribution < -0.4 is 21.3 Å². The molecule has 1 aliphatic heterocycles. The maximum Gasteiger partial charge on any atom is 0.326 e. The van der Waals surface area contributed by atoms with Gasteiger partial charge < -0.3 is 36.6 Å². The second-order valence-electron chi connectivity index (χ2n) is 7.60. The van der Waals surface area contributed by atoms with E-state index in [0.717, 1.165) is 6.42 Å². The minimum absolute atomic E-state index is 0.452. The maximum atomic E-state index is 12.7. The van der Waals surface area contributed by atoms with E-state index in [0.29, 0.717) is 13.0 Å². The summed E-state index contributed by atoms with van der Waals surface area (Å²) in [4.78, 5) is 59.4. The summed E-state index contributed by atoms with van der Waals surface area (Å²) in [5.41, 5.74) is 0. The zero-order chi connectivity index (χ0) is 23.0. The van der Waals surface area contributed by atoms with Gasteiger partial charge in [0.1, 0.15) is 18.1 Å². The Bertz CT molecular complexity index is 661. The Balaban J connectivity index is 2.85.